The highest BCUT2D eigenvalue weighted by molar-refractivity contribution is 9.10. The molecule has 0 amide bonds. The highest BCUT2D eigenvalue weighted by Crippen LogP contribution is 2.30. The van der Waals surface area contributed by atoms with Crippen molar-refractivity contribution in [2.45, 2.75) is 6.92 Å². The number of halogens is 2. The van der Waals surface area contributed by atoms with Crippen LogP contribution in [0.15, 0.2) is 40.9 Å². The summed E-state index contributed by atoms with van der Waals surface area (Å²) in [6, 6.07) is 11.3. The third kappa shape index (κ3) is 2.52. The maximum Gasteiger partial charge on any atom is 0.189 e. The van der Waals surface area contributed by atoms with E-state index in [1.54, 1.807) is 10.7 Å². The Bertz CT molecular complexity index is 815. The van der Waals surface area contributed by atoms with Gasteiger partial charge in [-0.1, -0.05) is 39.7 Å². The molecule has 0 spiro atoms. The summed E-state index contributed by atoms with van der Waals surface area (Å²) in [7, 11) is 0. The topological polar surface area (TPSA) is 69.6 Å². The van der Waals surface area contributed by atoms with E-state index in [9.17, 15) is 0 Å². The second-order valence-corrected chi connectivity index (χ2v) is 5.87. The van der Waals surface area contributed by atoms with E-state index in [0.717, 1.165) is 15.6 Å². The van der Waals surface area contributed by atoms with Gasteiger partial charge in [0.2, 0.25) is 0 Å². The Morgan fingerprint density at radius 2 is 2.05 bits per heavy atom. The summed E-state index contributed by atoms with van der Waals surface area (Å²) in [6.07, 6.45) is 0. The normalized spacial score (nSPS) is 10.8. The molecule has 0 aliphatic rings. The summed E-state index contributed by atoms with van der Waals surface area (Å²) in [5.41, 5.74) is 9.24. The number of benzene rings is 2. The lowest BCUT2D eigenvalue weighted by molar-refractivity contribution is 0.791. The standard InChI is InChI=1S/C14H11BrClN5/c1-8-3-2-4-10(13(8)17)14-18-19-20-21(14)12-6-5-9(15)7-11(12)16/h2-7H,17H2,1H3. The summed E-state index contributed by atoms with van der Waals surface area (Å²) < 4.78 is 2.47. The zero-order valence-corrected chi connectivity index (χ0v) is 13.4. The minimum atomic E-state index is 0.546. The maximum atomic E-state index is 6.27. The van der Waals surface area contributed by atoms with Gasteiger partial charge in [0.05, 0.1) is 10.7 Å². The monoisotopic (exact) mass is 363 g/mol. The molecule has 7 heteroatoms. The van der Waals surface area contributed by atoms with Gasteiger partial charge in [-0.05, 0) is 47.2 Å². The van der Waals surface area contributed by atoms with Gasteiger partial charge in [0.15, 0.2) is 5.82 Å². The number of aromatic nitrogens is 4. The van der Waals surface area contributed by atoms with Crippen LogP contribution in [0.3, 0.4) is 0 Å². The molecular weight excluding hydrogens is 354 g/mol. The van der Waals surface area contributed by atoms with Gasteiger partial charge in [-0.25, -0.2) is 0 Å². The average Bonchev–Trinajstić information content (AvgIpc) is 2.91. The van der Waals surface area contributed by atoms with Crippen molar-refractivity contribution < 1.29 is 0 Å². The van der Waals surface area contributed by atoms with Crippen LogP contribution < -0.4 is 5.73 Å². The van der Waals surface area contributed by atoms with Crippen LogP contribution in [0.5, 0.6) is 0 Å². The largest absolute Gasteiger partial charge is 0.398 e. The number of nitrogen functional groups attached to an aromatic ring is 1. The lowest BCUT2D eigenvalue weighted by atomic mass is 10.1. The molecule has 0 bridgehead atoms. The molecule has 106 valence electrons. The Hall–Kier alpha value is -1.92. The molecule has 1 aromatic heterocycles. The highest BCUT2D eigenvalue weighted by atomic mass is 79.9. The molecule has 0 saturated carbocycles. The minimum Gasteiger partial charge on any atom is -0.398 e. The van der Waals surface area contributed by atoms with Crippen molar-refractivity contribution >= 4 is 33.2 Å². The Kier molecular flexibility index (Phi) is 3.65. The fourth-order valence-electron chi connectivity index (χ4n) is 2.05. The van der Waals surface area contributed by atoms with Gasteiger partial charge in [-0.15, -0.1) is 5.10 Å². The molecule has 21 heavy (non-hydrogen) atoms. The second kappa shape index (κ2) is 5.46. The highest BCUT2D eigenvalue weighted by Gasteiger charge is 2.16. The number of tetrazole rings is 1. The Balaban J connectivity index is 2.20. The molecule has 3 aromatic rings. The van der Waals surface area contributed by atoms with Gasteiger partial charge in [0.25, 0.3) is 0 Å². The van der Waals surface area contributed by atoms with Crippen LogP contribution >= 0.6 is 27.5 Å². The molecule has 0 unspecified atom stereocenters. The Labute approximate surface area is 134 Å². The number of nitrogens with zero attached hydrogens (tertiary/aromatic N) is 4. The van der Waals surface area contributed by atoms with E-state index >= 15 is 0 Å². The quantitative estimate of drug-likeness (QED) is 0.705. The number of aryl methyl sites for hydroxylation is 1. The second-order valence-electron chi connectivity index (χ2n) is 4.55. The third-order valence-electron chi connectivity index (χ3n) is 3.17. The van der Waals surface area contributed by atoms with Crippen molar-refractivity contribution in [1.82, 2.24) is 20.2 Å². The lowest BCUT2D eigenvalue weighted by Crippen LogP contribution is -2.03. The van der Waals surface area contributed by atoms with Gasteiger partial charge in [0.1, 0.15) is 0 Å². The van der Waals surface area contributed by atoms with E-state index in [1.807, 2.05) is 37.3 Å². The molecule has 5 nitrogen and oxygen atoms in total. The lowest BCUT2D eigenvalue weighted by Gasteiger charge is -2.10. The van der Waals surface area contributed by atoms with E-state index in [0.29, 0.717) is 22.2 Å². The average molecular weight is 365 g/mol. The molecule has 2 aromatic carbocycles. The van der Waals surface area contributed by atoms with Crippen molar-refractivity contribution in [2.24, 2.45) is 0 Å². The number of nitrogens with two attached hydrogens (primary N) is 1. The molecule has 1 heterocycles. The first kappa shape index (κ1) is 14.0. The van der Waals surface area contributed by atoms with Crippen molar-refractivity contribution in [3.05, 3.63) is 51.5 Å². The van der Waals surface area contributed by atoms with E-state index in [-0.39, 0.29) is 0 Å². The summed E-state index contributed by atoms with van der Waals surface area (Å²) >= 11 is 9.65. The van der Waals surface area contributed by atoms with Crippen molar-refractivity contribution in [1.29, 1.82) is 0 Å². The predicted octanol–water partition coefficient (Wildman–Crippen LogP) is 3.64. The van der Waals surface area contributed by atoms with Crippen LogP contribution in [0.25, 0.3) is 17.1 Å². The first-order chi connectivity index (χ1) is 10.1. The Morgan fingerprint density at radius 3 is 2.81 bits per heavy atom. The summed E-state index contributed by atoms with van der Waals surface area (Å²) in [6.45, 7) is 1.94. The number of hydrogen-bond acceptors (Lipinski definition) is 4. The molecular formula is C14H11BrClN5. The van der Waals surface area contributed by atoms with Crippen LogP contribution in [-0.2, 0) is 0 Å². The van der Waals surface area contributed by atoms with Crippen LogP contribution in [-0.4, -0.2) is 20.2 Å². The molecule has 0 saturated heterocycles. The maximum absolute atomic E-state index is 6.27. The molecule has 0 aliphatic carbocycles. The fourth-order valence-corrected chi connectivity index (χ4v) is 2.80. The van der Waals surface area contributed by atoms with Gasteiger partial charge in [0, 0.05) is 15.7 Å². The van der Waals surface area contributed by atoms with Gasteiger partial charge in [-0.3, -0.25) is 0 Å². The SMILES string of the molecule is Cc1cccc(-c2nnnn2-c2ccc(Br)cc2Cl)c1N. The third-order valence-corrected chi connectivity index (χ3v) is 3.97. The van der Waals surface area contributed by atoms with Gasteiger partial charge in [-0.2, -0.15) is 4.68 Å². The molecule has 0 fully saturated rings. The van der Waals surface area contributed by atoms with Crippen LogP contribution in [0.1, 0.15) is 5.56 Å². The predicted molar refractivity (Wildman–Crippen MR) is 86.4 cm³/mol. The van der Waals surface area contributed by atoms with Gasteiger partial charge < -0.3 is 5.73 Å². The zero-order chi connectivity index (χ0) is 15.0. The van der Waals surface area contributed by atoms with Gasteiger partial charge >= 0.3 is 0 Å². The summed E-state index contributed by atoms with van der Waals surface area (Å²) in [5.74, 6) is 0.556. The zero-order valence-electron chi connectivity index (χ0n) is 11.1. The molecule has 2 N–H and O–H groups in total. The van der Waals surface area contributed by atoms with E-state index < -0.39 is 0 Å². The number of para-hydroxylation sites is 1. The smallest absolute Gasteiger partial charge is 0.189 e. The van der Waals surface area contributed by atoms with E-state index in [4.69, 9.17) is 17.3 Å². The molecule has 0 atom stereocenters. The van der Waals surface area contributed by atoms with E-state index in [1.165, 1.54) is 0 Å². The van der Waals surface area contributed by atoms with E-state index in [2.05, 4.69) is 31.5 Å². The number of anilines is 1. The molecule has 0 aliphatic heterocycles. The summed E-state index contributed by atoms with van der Waals surface area (Å²) in [5, 5.41) is 12.4. The van der Waals surface area contributed by atoms with Crippen LogP contribution in [0, 0.1) is 6.92 Å². The van der Waals surface area contributed by atoms with Crippen LogP contribution in [0.2, 0.25) is 5.02 Å². The molecule has 3 rings (SSSR count). The van der Waals surface area contributed by atoms with Crippen LogP contribution in [0.4, 0.5) is 5.69 Å². The summed E-state index contributed by atoms with van der Waals surface area (Å²) in [4.78, 5) is 0. The number of rotatable bonds is 2. The fraction of sp³-hybridized carbons (Fsp3) is 0.0714. The molecule has 0 radical (unpaired) electrons. The first-order valence-corrected chi connectivity index (χ1v) is 7.34. The first-order valence-electron chi connectivity index (χ1n) is 6.17. The number of hydrogen-bond donors (Lipinski definition) is 1. The van der Waals surface area contributed by atoms with Crippen molar-refractivity contribution in [2.75, 3.05) is 5.73 Å². The van der Waals surface area contributed by atoms with Crippen molar-refractivity contribution in [3.8, 4) is 17.1 Å². The Morgan fingerprint density at radius 1 is 1.24 bits per heavy atom. The van der Waals surface area contributed by atoms with Crippen molar-refractivity contribution in [3.63, 3.8) is 0 Å². The minimum absolute atomic E-state index is 0.546.